The lowest BCUT2D eigenvalue weighted by Gasteiger charge is -2.08. The topological polar surface area (TPSA) is 44.9 Å². The fourth-order valence-electron chi connectivity index (χ4n) is 3.05. The predicted molar refractivity (Wildman–Crippen MR) is 79.9 cm³/mol. The van der Waals surface area contributed by atoms with E-state index in [9.17, 15) is 9.18 Å². The number of anilines is 1. The Morgan fingerprint density at radius 3 is 2.86 bits per heavy atom. The molecule has 2 heterocycles. The number of amides is 1. The summed E-state index contributed by atoms with van der Waals surface area (Å²) in [7, 11) is 0. The van der Waals surface area contributed by atoms with Gasteiger partial charge in [-0.3, -0.25) is 4.79 Å². The molecule has 1 amide bonds. The Balaban J connectivity index is 1.96. The zero-order valence-electron chi connectivity index (χ0n) is 11.4. The summed E-state index contributed by atoms with van der Waals surface area (Å²) in [6.07, 6.45) is 1.84. The zero-order chi connectivity index (χ0) is 14.6. The maximum atomic E-state index is 13.8. The first-order valence-corrected chi connectivity index (χ1v) is 6.82. The lowest BCUT2D eigenvalue weighted by Crippen LogP contribution is -2.12. The number of carbonyl (C=O) groups is 1. The van der Waals surface area contributed by atoms with Gasteiger partial charge in [0.15, 0.2) is 0 Å². The minimum Gasteiger partial charge on any atom is -0.361 e. The van der Waals surface area contributed by atoms with E-state index in [2.05, 4.69) is 10.3 Å². The molecule has 2 N–H and O–H groups in total. The first kappa shape index (κ1) is 12.1. The normalized spacial score (nSPS) is 17.0. The Labute approximate surface area is 120 Å². The number of rotatable bonds is 1. The van der Waals surface area contributed by atoms with Crippen LogP contribution in [0.4, 0.5) is 10.1 Å². The molecule has 0 bridgehead atoms. The van der Waals surface area contributed by atoms with Crippen molar-refractivity contribution in [3.63, 3.8) is 0 Å². The highest BCUT2D eigenvalue weighted by Gasteiger charge is 2.35. The van der Waals surface area contributed by atoms with Gasteiger partial charge in [0.25, 0.3) is 0 Å². The Kier molecular flexibility index (Phi) is 2.42. The SMILES string of the molecule is Cc1ccc2[nH]cc([C@H]3C(=O)Nc4c(F)cccc43)c2c1. The molecule has 0 saturated heterocycles. The molecule has 3 nitrogen and oxygen atoms in total. The van der Waals surface area contributed by atoms with E-state index in [-0.39, 0.29) is 11.7 Å². The number of H-pyrrole nitrogens is 1. The van der Waals surface area contributed by atoms with Crippen LogP contribution in [-0.2, 0) is 4.79 Å². The van der Waals surface area contributed by atoms with Gasteiger partial charge in [-0.1, -0.05) is 23.8 Å². The van der Waals surface area contributed by atoms with Crippen molar-refractivity contribution in [3.05, 3.63) is 65.1 Å². The van der Waals surface area contributed by atoms with Crippen molar-refractivity contribution in [1.82, 2.24) is 4.98 Å². The van der Waals surface area contributed by atoms with Gasteiger partial charge >= 0.3 is 0 Å². The summed E-state index contributed by atoms with van der Waals surface area (Å²) < 4.78 is 13.8. The fourth-order valence-corrected chi connectivity index (χ4v) is 3.05. The minimum absolute atomic E-state index is 0.183. The Morgan fingerprint density at radius 1 is 1.14 bits per heavy atom. The molecule has 0 spiro atoms. The number of halogens is 1. The number of benzene rings is 2. The van der Waals surface area contributed by atoms with Gasteiger partial charge in [-0.05, 0) is 36.2 Å². The second-order valence-electron chi connectivity index (χ2n) is 5.42. The van der Waals surface area contributed by atoms with Gasteiger partial charge in [0.05, 0.1) is 11.6 Å². The van der Waals surface area contributed by atoms with Crippen LogP contribution in [0.25, 0.3) is 10.9 Å². The van der Waals surface area contributed by atoms with Gasteiger partial charge in [-0.25, -0.2) is 4.39 Å². The minimum atomic E-state index is -0.466. The van der Waals surface area contributed by atoms with Crippen LogP contribution in [0.2, 0.25) is 0 Å². The lowest BCUT2D eigenvalue weighted by molar-refractivity contribution is -0.116. The van der Waals surface area contributed by atoms with E-state index in [1.165, 1.54) is 6.07 Å². The van der Waals surface area contributed by atoms with Gasteiger partial charge in [-0.2, -0.15) is 0 Å². The molecule has 1 aliphatic rings. The molecule has 0 unspecified atom stereocenters. The van der Waals surface area contributed by atoms with Gasteiger partial charge in [0.1, 0.15) is 5.82 Å². The van der Waals surface area contributed by atoms with E-state index in [4.69, 9.17) is 0 Å². The van der Waals surface area contributed by atoms with Gasteiger partial charge in [-0.15, -0.1) is 0 Å². The van der Waals surface area contributed by atoms with E-state index in [0.29, 0.717) is 11.3 Å². The number of aryl methyl sites for hydroxylation is 1. The molecule has 1 atom stereocenters. The van der Waals surface area contributed by atoms with E-state index in [1.54, 1.807) is 12.1 Å². The number of aromatic amines is 1. The van der Waals surface area contributed by atoms with Crippen molar-refractivity contribution in [1.29, 1.82) is 0 Å². The first-order chi connectivity index (χ1) is 10.1. The summed E-state index contributed by atoms with van der Waals surface area (Å²) in [4.78, 5) is 15.5. The molecule has 4 rings (SSSR count). The second kappa shape index (κ2) is 4.19. The summed E-state index contributed by atoms with van der Waals surface area (Å²) in [5.74, 6) is -1.04. The number of hydrogen-bond donors (Lipinski definition) is 2. The summed E-state index contributed by atoms with van der Waals surface area (Å²) >= 11 is 0. The van der Waals surface area contributed by atoms with Crippen LogP contribution >= 0.6 is 0 Å². The van der Waals surface area contributed by atoms with Crippen LogP contribution in [0.1, 0.15) is 22.6 Å². The number of fused-ring (bicyclic) bond motifs is 2. The van der Waals surface area contributed by atoms with E-state index in [0.717, 1.165) is 22.0 Å². The fraction of sp³-hybridized carbons (Fsp3) is 0.118. The third-order valence-electron chi connectivity index (χ3n) is 4.05. The number of hydrogen-bond acceptors (Lipinski definition) is 1. The van der Waals surface area contributed by atoms with Crippen LogP contribution in [0.5, 0.6) is 0 Å². The molecule has 4 heteroatoms. The van der Waals surface area contributed by atoms with Gasteiger partial charge in [0, 0.05) is 17.1 Å². The number of carbonyl (C=O) groups excluding carboxylic acids is 1. The van der Waals surface area contributed by atoms with Crippen LogP contribution in [0.3, 0.4) is 0 Å². The molecule has 2 aromatic carbocycles. The van der Waals surface area contributed by atoms with Crippen LogP contribution in [0.15, 0.2) is 42.6 Å². The van der Waals surface area contributed by atoms with Gasteiger partial charge < -0.3 is 10.3 Å². The highest BCUT2D eigenvalue weighted by Crippen LogP contribution is 2.40. The van der Waals surface area contributed by atoms with Crippen molar-refractivity contribution >= 4 is 22.5 Å². The maximum Gasteiger partial charge on any atom is 0.236 e. The smallest absolute Gasteiger partial charge is 0.236 e. The number of aromatic nitrogens is 1. The Hall–Kier alpha value is -2.62. The van der Waals surface area contributed by atoms with Crippen molar-refractivity contribution in [3.8, 4) is 0 Å². The van der Waals surface area contributed by atoms with Crippen molar-refractivity contribution in [2.45, 2.75) is 12.8 Å². The van der Waals surface area contributed by atoms with E-state index in [1.807, 2.05) is 31.3 Å². The van der Waals surface area contributed by atoms with E-state index >= 15 is 0 Å². The first-order valence-electron chi connectivity index (χ1n) is 6.82. The second-order valence-corrected chi connectivity index (χ2v) is 5.42. The molecule has 0 fully saturated rings. The highest BCUT2D eigenvalue weighted by atomic mass is 19.1. The third-order valence-corrected chi connectivity index (χ3v) is 4.05. The summed E-state index contributed by atoms with van der Waals surface area (Å²) in [5.41, 5.74) is 3.99. The molecule has 3 aromatic rings. The largest absolute Gasteiger partial charge is 0.361 e. The molecule has 1 aromatic heterocycles. The summed E-state index contributed by atoms with van der Waals surface area (Å²) in [6, 6.07) is 10.9. The average molecular weight is 280 g/mol. The quantitative estimate of drug-likeness (QED) is 0.701. The van der Waals surface area contributed by atoms with Crippen molar-refractivity contribution < 1.29 is 9.18 Å². The monoisotopic (exact) mass is 280 g/mol. The van der Waals surface area contributed by atoms with Gasteiger partial charge in [0.2, 0.25) is 5.91 Å². The number of nitrogens with one attached hydrogen (secondary N) is 2. The predicted octanol–water partition coefficient (Wildman–Crippen LogP) is 3.70. The molecular formula is C17H13FN2O. The van der Waals surface area contributed by atoms with Crippen LogP contribution < -0.4 is 5.32 Å². The average Bonchev–Trinajstić information content (AvgIpc) is 3.00. The lowest BCUT2D eigenvalue weighted by atomic mass is 9.92. The van der Waals surface area contributed by atoms with Crippen molar-refractivity contribution in [2.75, 3.05) is 5.32 Å². The summed E-state index contributed by atoms with van der Waals surface area (Å²) in [6.45, 7) is 2.01. The van der Waals surface area contributed by atoms with Crippen molar-refractivity contribution in [2.24, 2.45) is 0 Å². The molecule has 0 radical (unpaired) electrons. The Bertz CT molecular complexity index is 882. The van der Waals surface area contributed by atoms with E-state index < -0.39 is 5.92 Å². The molecule has 1 aliphatic heterocycles. The molecule has 21 heavy (non-hydrogen) atoms. The summed E-state index contributed by atoms with van der Waals surface area (Å²) in [5, 5.41) is 3.66. The standard InChI is InChI=1S/C17H13FN2O/c1-9-5-6-14-11(7-9)12(8-19-14)15-10-3-2-4-13(18)16(10)20-17(15)21/h2-8,15,19H,1H3,(H,20,21)/t15-/m0/s1. The van der Waals surface area contributed by atoms with Crippen LogP contribution in [-0.4, -0.2) is 10.9 Å². The maximum absolute atomic E-state index is 13.8. The molecule has 104 valence electrons. The third kappa shape index (κ3) is 1.69. The highest BCUT2D eigenvalue weighted by molar-refractivity contribution is 6.07. The molecule has 0 aliphatic carbocycles. The zero-order valence-corrected chi connectivity index (χ0v) is 11.4. The molecular weight excluding hydrogens is 267 g/mol. The van der Waals surface area contributed by atoms with Crippen LogP contribution in [0, 0.1) is 12.7 Å². The molecule has 0 saturated carbocycles. The Morgan fingerprint density at radius 2 is 2.00 bits per heavy atom. The number of para-hydroxylation sites is 1.